The number of carbonyl (C=O) groups excluding carboxylic acids is 2. The van der Waals surface area contributed by atoms with Crippen LogP contribution in [0.25, 0.3) is 0 Å². The van der Waals surface area contributed by atoms with Crippen molar-refractivity contribution in [3.63, 3.8) is 0 Å². The van der Waals surface area contributed by atoms with Gasteiger partial charge in [-0.25, -0.2) is 4.39 Å². The molecule has 1 aliphatic heterocycles. The van der Waals surface area contributed by atoms with Gasteiger partial charge < -0.3 is 16.4 Å². The van der Waals surface area contributed by atoms with Gasteiger partial charge >= 0.3 is 0 Å². The summed E-state index contributed by atoms with van der Waals surface area (Å²) in [5.74, 6) is -1.12. The minimum absolute atomic E-state index is 0. The van der Waals surface area contributed by atoms with Crippen molar-refractivity contribution in [2.24, 2.45) is 5.73 Å². The molecule has 0 bridgehead atoms. The monoisotopic (exact) mass is 273 g/mol. The van der Waals surface area contributed by atoms with Gasteiger partial charge in [0.05, 0.1) is 12.2 Å². The van der Waals surface area contributed by atoms with Gasteiger partial charge in [0.2, 0.25) is 11.8 Å². The first-order valence-corrected chi connectivity index (χ1v) is 5.22. The third kappa shape index (κ3) is 2.96. The molecule has 0 spiro atoms. The first-order chi connectivity index (χ1) is 8.10. The predicted molar refractivity (Wildman–Crippen MR) is 68.3 cm³/mol. The van der Waals surface area contributed by atoms with Crippen molar-refractivity contribution in [2.45, 2.75) is 12.8 Å². The molecule has 18 heavy (non-hydrogen) atoms. The molecule has 5 nitrogen and oxygen atoms in total. The lowest BCUT2D eigenvalue weighted by Gasteiger charge is -2.18. The van der Waals surface area contributed by atoms with E-state index in [4.69, 9.17) is 5.73 Å². The fourth-order valence-electron chi connectivity index (χ4n) is 1.70. The van der Waals surface area contributed by atoms with E-state index in [1.165, 1.54) is 12.1 Å². The number of amides is 2. The molecule has 1 aromatic rings. The maximum Gasteiger partial charge on any atom is 0.238 e. The summed E-state index contributed by atoms with van der Waals surface area (Å²) in [7, 11) is 0. The lowest BCUT2D eigenvalue weighted by atomic mass is 10.0. The van der Waals surface area contributed by atoms with Crippen LogP contribution in [-0.2, 0) is 16.0 Å². The zero-order valence-electron chi connectivity index (χ0n) is 9.46. The molecule has 1 aromatic carbocycles. The van der Waals surface area contributed by atoms with Crippen LogP contribution in [-0.4, -0.2) is 18.4 Å². The standard InChI is InChI=1S/C11H12FN3O2.ClH/c12-7-3-6-1-2-10(16)14-8(6)4-9(7)15-11(17)5-13;/h3-4H,1-2,5,13H2,(H,14,16)(H,15,17);1H. The van der Waals surface area contributed by atoms with Gasteiger partial charge in [0.1, 0.15) is 5.82 Å². The number of carbonyl (C=O) groups is 2. The van der Waals surface area contributed by atoms with E-state index in [1.54, 1.807) is 0 Å². The lowest BCUT2D eigenvalue weighted by Crippen LogP contribution is -2.23. The van der Waals surface area contributed by atoms with E-state index in [-0.39, 0.29) is 30.5 Å². The molecular formula is C11H13ClFN3O2. The molecule has 0 aliphatic carbocycles. The van der Waals surface area contributed by atoms with Gasteiger partial charge in [-0.15, -0.1) is 12.4 Å². The summed E-state index contributed by atoms with van der Waals surface area (Å²) >= 11 is 0. The van der Waals surface area contributed by atoms with Crippen LogP contribution < -0.4 is 16.4 Å². The van der Waals surface area contributed by atoms with Crippen LogP contribution in [0.5, 0.6) is 0 Å². The Labute approximate surface area is 109 Å². The number of rotatable bonds is 2. The molecule has 7 heteroatoms. The molecule has 2 rings (SSSR count). The molecule has 2 amide bonds. The van der Waals surface area contributed by atoms with Crippen molar-refractivity contribution in [1.29, 1.82) is 0 Å². The van der Waals surface area contributed by atoms with E-state index in [0.717, 1.165) is 5.56 Å². The summed E-state index contributed by atoms with van der Waals surface area (Å²) in [5.41, 5.74) is 6.42. The van der Waals surface area contributed by atoms with Crippen LogP contribution in [0.15, 0.2) is 12.1 Å². The van der Waals surface area contributed by atoms with Gasteiger partial charge in [-0.3, -0.25) is 9.59 Å². The average molecular weight is 274 g/mol. The average Bonchev–Trinajstić information content (AvgIpc) is 2.30. The predicted octanol–water partition coefficient (Wildman–Crippen LogP) is 1.03. The number of nitrogens with two attached hydrogens (primary N) is 1. The topological polar surface area (TPSA) is 84.2 Å². The Morgan fingerprint density at radius 1 is 1.44 bits per heavy atom. The second-order valence-corrected chi connectivity index (χ2v) is 3.79. The summed E-state index contributed by atoms with van der Waals surface area (Å²) in [6.07, 6.45) is 0.851. The molecule has 0 aromatic heterocycles. The molecule has 0 fully saturated rings. The Kier molecular flexibility index (Phi) is 4.63. The van der Waals surface area contributed by atoms with Crippen LogP contribution >= 0.6 is 12.4 Å². The molecular weight excluding hydrogens is 261 g/mol. The number of hydrogen-bond acceptors (Lipinski definition) is 3. The highest BCUT2D eigenvalue weighted by Gasteiger charge is 2.18. The number of aryl methyl sites for hydroxylation is 1. The second-order valence-electron chi connectivity index (χ2n) is 3.79. The fraction of sp³-hybridized carbons (Fsp3) is 0.273. The quantitative estimate of drug-likeness (QED) is 0.752. The number of halogens is 2. The Morgan fingerprint density at radius 3 is 2.83 bits per heavy atom. The number of hydrogen-bond donors (Lipinski definition) is 3. The molecule has 98 valence electrons. The van der Waals surface area contributed by atoms with Gasteiger partial charge in [0.15, 0.2) is 0 Å². The van der Waals surface area contributed by atoms with Gasteiger partial charge in [-0.05, 0) is 24.1 Å². The Bertz CT molecular complexity index is 493. The van der Waals surface area contributed by atoms with Crippen LogP contribution in [0.3, 0.4) is 0 Å². The summed E-state index contributed by atoms with van der Waals surface area (Å²) in [6, 6.07) is 2.73. The number of benzene rings is 1. The molecule has 1 aliphatic rings. The zero-order chi connectivity index (χ0) is 12.4. The van der Waals surface area contributed by atoms with E-state index in [0.29, 0.717) is 18.5 Å². The Morgan fingerprint density at radius 2 is 2.17 bits per heavy atom. The maximum atomic E-state index is 13.6. The van der Waals surface area contributed by atoms with Gasteiger partial charge in [-0.1, -0.05) is 0 Å². The minimum atomic E-state index is -0.526. The van der Waals surface area contributed by atoms with E-state index >= 15 is 0 Å². The summed E-state index contributed by atoms with van der Waals surface area (Å²) in [6.45, 7) is -0.219. The first kappa shape index (κ1) is 14.4. The fourth-order valence-corrected chi connectivity index (χ4v) is 1.70. The van der Waals surface area contributed by atoms with Crippen molar-refractivity contribution >= 4 is 35.6 Å². The molecule has 0 unspecified atom stereocenters. The lowest BCUT2D eigenvalue weighted by molar-refractivity contribution is -0.116. The van der Waals surface area contributed by atoms with Crippen LogP contribution in [0, 0.1) is 5.82 Å². The minimum Gasteiger partial charge on any atom is -0.326 e. The van der Waals surface area contributed by atoms with Gasteiger partial charge in [-0.2, -0.15) is 0 Å². The second kappa shape index (κ2) is 5.79. The Hall–Kier alpha value is -1.66. The first-order valence-electron chi connectivity index (χ1n) is 5.22. The summed E-state index contributed by atoms with van der Waals surface area (Å²) in [5, 5.41) is 4.97. The van der Waals surface area contributed by atoms with Crippen molar-refractivity contribution < 1.29 is 14.0 Å². The van der Waals surface area contributed by atoms with Gasteiger partial charge in [0.25, 0.3) is 0 Å². The van der Waals surface area contributed by atoms with E-state index in [1.807, 2.05) is 0 Å². The molecule has 0 saturated heterocycles. The molecule has 0 atom stereocenters. The third-order valence-electron chi connectivity index (χ3n) is 2.55. The number of nitrogens with one attached hydrogen (secondary N) is 2. The summed E-state index contributed by atoms with van der Waals surface area (Å²) in [4.78, 5) is 22.3. The SMILES string of the molecule is Cl.NCC(=O)Nc1cc2c(cc1F)CCC(=O)N2. The van der Waals surface area contributed by atoms with E-state index < -0.39 is 11.7 Å². The number of anilines is 2. The molecule has 0 radical (unpaired) electrons. The third-order valence-corrected chi connectivity index (χ3v) is 2.55. The highest BCUT2D eigenvalue weighted by atomic mass is 35.5. The van der Waals surface area contributed by atoms with E-state index in [9.17, 15) is 14.0 Å². The van der Waals surface area contributed by atoms with Crippen LogP contribution in [0.2, 0.25) is 0 Å². The van der Waals surface area contributed by atoms with Crippen molar-refractivity contribution in [3.8, 4) is 0 Å². The number of fused-ring (bicyclic) bond motifs is 1. The molecule has 0 saturated carbocycles. The highest BCUT2D eigenvalue weighted by Crippen LogP contribution is 2.28. The normalized spacial score (nSPS) is 13.1. The summed E-state index contributed by atoms with van der Waals surface area (Å²) < 4.78 is 13.6. The van der Waals surface area contributed by atoms with Crippen molar-refractivity contribution in [3.05, 3.63) is 23.5 Å². The smallest absolute Gasteiger partial charge is 0.238 e. The van der Waals surface area contributed by atoms with Gasteiger partial charge in [0, 0.05) is 12.1 Å². The maximum absolute atomic E-state index is 13.6. The van der Waals surface area contributed by atoms with E-state index in [2.05, 4.69) is 10.6 Å². The highest BCUT2D eigenvalue weighted by molar-refractivity contribution is 5.97. The Balaban J connectivity index is 0.00000162. The largest absolute Gasteiger partial charge is 0.326 e. The van der Waals surface area contributed by atoms with Crippen LogP contribution in [0.4, 0.5) is 15.8 Å². The van der Waals surface area contributed by atoms with Crippen molar-refractivity contribution in [2.75, 3.05) is 17.2 Å². The molecule has 1 heterocycles. The van der Waals surface area contributed by atoms with Crippen molar-refractivity contribution in [1.82, 2.24) is 0 Å². The molecule has 4 N–H and O–H groups in total. The zero-order valence-corrected chi connectivity index (χ0v) is 10.3. The van der Waals surface area contributed by atoms with Crippen LogP contribution in [0.1, 0.15) is 12.0 Å².